The van der Waals surface area contributed by atoms with Crippen LogP contribution in [0.15, 0.2) is 24.4 Å². The SMILES string of the molecule is N#Cc1c(Cl)cccc1NCc1cnc(Cl)s1. The summed E-state index contributed by atoms with van der Waals surface area (Å²) in [7, 11) is 0. The summed E-state index contributed by atoms with van der Waals surface area (Å²) in [5.41, 5.74) is 1.16. The molecule has 0 aliphatic rings. The van der Waals surface area contributed by atoms with Gasteiger partial charge in [0.15, 0.2) is 4.47 Å². The topological polar surface area (TPSA) is 48.7 Å². The van der Waals surface area contributed by atoms with Gasteiger partial charge >= 0.3 is 0 Å². The number of benzene rings is 1. The van der Waals surface area contributed by atoms with Crippen molar-refractivity contribution in [3.05, 3.63) is 44.3 Å². The van der Waals surface area contributed by atoms with Gasteiger partial charge in [-0.05, 0) is 12.1 Å². The lowest BCUT2D eigenvalue weighted by Crippen LogP contribution is -1.99. The highest BCUT2D eigenvalue weighted by molar-refractivity contribution is 7.15. The van der Waals surface area contributed by atoms with Gasteiger partial charge in [0.25, 0.3) is 0 Å². The van der Waals surface area contributed by atoms with E-state index in [0.29, 0.717) is 27.3 Å². The first kappa shape index (κ1) is 12.2. The largest absolute Gasteiger partial charge is 0.379 e. The molecular weight excluding hydrogens is 277 g/mol. The Bertz CT molecular complexity index is 574. The van der Waals surface area contributed by atoms with Crippen molar-refractivity contribution in [2.45, 2.75) is 6.54 Å². The zero-order chi connectivity index (χ0) is 12.3. The molecule has 1 N–H and O–H groups in total. The summed E-state index contributed by atoms with van der Waals surface area (Å²) in [5.74, 6) is 0. The van der Waals surface area contributed by atoms with Crippen molar-refractivity contribution in [3.63, 3.8) is 0 Å². The van der Waals surface area contributed by atoms with E-state index >= 15 is 0 Å². The molecule has 0 amide bonds. The van der Waals surface area contributed by atoms with E-state index in [-0.39, 0.29) is 0 Å². The summed E-state index contributed by atoms with van der Waals surface area (Å²) < 4.78 is 0.508. The second-order valence-electron chi connectivity index (χ2n) is 3.21. The minimum atomic E-state index is 0.444. The molecule has 3 nitrogen and oxygen atoms in total. The van der Waals surface area contributed by atoms with Crippen LogP contribution < -0.4 is 5.32 Å². The van der Waals surface area contributed by atoms with E-state index in [4.69, 9.17) is 28.5 Å². The molecule has 0 aliphatic heterocycles. The van der Waals surface area contributed by atoms with Gasteiger partial charge in [-0.3, -0.25) is 0 Å². The van der Waals surface area contributed by atoms with Crippen LogP contribution in [0, 0.1) is 11.3 Å². The number of anilines is 1. The molecule has 0 saturated heterocycles. The maximum atomic E-state index is 9.00. The van der Waals surface area contributed by atoms with Gasteiger partial charge in [0, 0.05) is 11.1 Å². The summed E-state index contributed by atoms with van der Waals surface area (Å²) >= 11 is 13.1. The summed E-state index contributed by atoms with van der Waals surface area (Å²) in [6.45, 7) is 0.569. The summed E-state index contributed by atoms with van der Waals surface area (Å²) in [5, 5.41) is 12.6. The third-order valence-electron chi connectivity index (χ3n) is 2.10. The highest BCUT2D eigenvalue weighted by Gasteiger charge is 2.06. The van der Waals surface area contributed by atoms with E-state index in [1.807, 2.05) is 6.07 Å². The number of hydrogen-bond donors (Lipinski definition) is 1. The van der Waals surface area contributed by atoms with Gasteiger partial charge in [0.2, 0.25) is 0 Å². The second-order valence-corrected chi connectivity index (χ2v) is 5.31. The van der Waals surface area contributed by atoms with Crippen molar-refractivity contribution in [1.82, 2.24) is 4.98 Å². The quantitative estimate of drug-likeness (QED) is 0.928. The molecule has 0 aliphatic carbocycles. The van der Waals surface area contributed by atoms with Gasteiger partial charge in [-0.25, -0.2) is 4.98 Å². The van der Waals surface area contributed by atoms with Crippen LogP contribution in [0.3, 0.4) is 0 Å². The Kier molecular flexibility index (Phi) is 3.85. The summed E-state index contributed by atoms with van der Waals surface area (Å²) in [6, 6.07) is 7.37. The van der Waals surface area contributed by atoms with Crippen LogP contribution in [-0.4, -0.2) is 4.98 Å². The maximum absolute atomic E-state index is 9.00. The van der Waals surface area contributed by atoms with E-state index in [0.717, 1.165) is 4.88 Å². The summed E-state index contributed by atoms with van der Waals surface area (Å²) in [6.07, 6.45) is 1.70. The number of nitrogens with one attached hydrogen (secondary N) is 1. The molecule has 6 heteroatoms. The van der Waals surface area contributed by atoms with Crippen molar-refractivity contribution < 1.29 is 0 Å². The lowest BCUT2D eigenvalue weighted by Gasteiger charge is -2.07. The van der Waals surface area contributed by atoms with E-state index in [1.165, 1.54) is 11.3 Å². The van der Waals surface area contributed by atoms with E-state index in [2.05, 4.69) is 16.4 Å². The number of rotatable bonds is 3. The van der Waals surface area contributed by atoms with Gasteiger partial charge in [-0.15, -0.1) is 11.3 Å². The van der Waals surface area contributed by atoms with E-state index < -0.39 is 0 Å². The second kappa shape index (κ2) is 5.37. The first-order valence-corrected chi connectivity index (χ1v) is 6.30. The normalized spacial score (nSPS) is 9.94. The number of thiazole rings is 1. The molecule has 0 saturated carbocycles. The minimum Gasteiger partial charge on any atom is -0.379 e. The van der Waals surface area contributed by atoms with Gasteiger partial charge in [0.05, 0.1) is 22.8 Å². The van der Waals surface area contributed by atoms with Crippen LogP contribution in [0.1, 0.15) is 10.4 Å². The number of nitrogens with zero attached hydrogens (tertiary/aromatic N) is 2. The van der Waals surface area contributed by atoms with Gasteiger partial charge in [-0.1, -0.05) is 29.3 Å². The number of hydrogen-bond acceptors (Lipinski definition) is 4. The van der Waals surface area contributed by atoms with E-state index in [9.17, 15) is 0 Å². The highest BCUT2D eigenvalue weighted by Crippen LogP contribution is 2.25. The standard InChI is InChI=1S/C11H7Cl2N3S/c12-9-2-1-3-10(8(9)4-14)15-5-7-6-16-11(13)17-7/h1-3,6,15H,5H2. The van der Waals surface area contributed by atoms with Crippen LogP contribution >= 0.6 is 34.5 Å². The zero-order valence-electron chi connectivity index (χ0n) is 8.58. The molecule has 86 valence electrons. The Morgan fingerprint density at radius 2 is 2.24 bits per heavy atom. The molecular formula is C11H7Cl2N3S. The smallest absolute Gasteiger partial charge is 0.183 e. The Hall–Kier alpha value is -1.28. The first-order chi connectivity index (χ1) is 8.20. The average molecular weight is 284 g/mol. The van der Waals surface area contributed by atoms with Crippen molar-refractivity contribution in [2.75, 3.05) is 5.32 Å². The number of aromatic nitrogens is 1. The molecule has 0 unspecified atom stereocenters. The highest BCUT2D eigenvalue weighted by atomic mass is 35.5. The third kappa shape index (κ3) is 2.89. The van der Waals surface area contributed by atoms with Gasteiger partial charge in [0.1, 0.15) is 6.07 Å². The first-order valence-electron chi connectivity index (χ1n) is 4.73. The lowest BCUT2D eigenvalue weighted by molar-refractivity contribution is 1.17. The molecule has 0 fully saturated rings. The third-order valence-corrected chi connectivity index (χ3v) is 3.53. The van der Waals surface area contributed by atoms with Crippen molar-refractivity contribution in [3.8, 4) is 6.07 Å². The van der Waals surface area contributed by atoms with Crippen LogP contribution in [0.2, 0.25) is 9.49 Å². The molecule has 0 spiro atoms. The number of halogens is 2. The molecule has 1 aromatic carbocycles. The predicted molar refractivity (Wildman–Crippen MR) is 70.6 cm³/mol. The van der Waals surface area contributed by atoms with Crippen molar-refractivity contribution in [2.24, 2.45) is 0 Å². The average Bonchev–Trinajstić information content (AvgIpc) is 2.72. The van der Waals surface area contributed by atoms with Crippen LogP contribution in [-0.2, 0) is 6.54 Å². The molecule has 17 heavy (non-hydrogen) atoms. The fraction of sp³-hybridized carbons (Fsp3) is 0.0909. The van der Waals surface area contributed by atoms with Crippen LogP contribution in [0.25, 0.3) is 0 Å². The zero-order valence-corrected chi connectivity index (χ0v) is 10.9. The Balaban J connectivity index is 2.14. The maximum Gasteiger partial charge on any atom is 0.183 e. The Labute approximate surface area is 113 Å². The molecule has 2 rings (SSSR count). The van der Waals surface area contributed by atoms with Crippen LogP contribution in [0.5, 0.6) is 0 Å². The molecule has 0 atom stereocenters. The number of nitriles is 1. The van der Waals surface area contributed by atoms with Gasteiger partial charge in [-0.2, -0.15) is 5.26 Å². The minimum absolute atomic E-state index is 0.444. The van der Waals surface area contributed by atoms with Crippen molar-refractivity contribution >= 4 is 40.2 Å². The molecule has 1 heterocycles. The van der Waals surface area contributed by atoms with Gasteiger partial charge < -0.3 is 5.32 Å². The van der Waals surface area contributed by atoms with E-state index in [1.54, 1.807) is 18.3 Å². The molecule has 2 aromatic rings. The molecule has 0 bridgehead atoms. The Morgan fingerprint density at radius 3 is 2.88 bits per heavy atom. The molecule has 1 aromatic heterocycles. The monoisotopic (exact) mass is 283 g/mol. The van der Waals surface area contributed by atoms with Crippen LogP contribution in [0.4, 0.5) is 5.69 Å². The summed E-state index contributed by atoms with van der Waals surface area (Å²) in [4.78, 5) is 4.94. The Morgan fingerprint density at radius 1 is 1.41 bits per heavy atom. The lowest BCUT2D eigenvalue weighted by atomic mass is 10.2. The van der Waals surface area contributed by atoms with Crippen molar-refractivity contribution in [1.29, 1.82) is 5.26 Å². The fourth-order valence-corrected chi connectivity index (χ4v) is 2.47. The fourth-order valence-electron chi connectivity index (χ4n) is 1.33. The predicted octanol–water partition coefficient (Wildman–Crippen LogP) is 3.93. The molecule has 0 radical (unpaired) electrons.